The van der Waals surface area contributed by atoms with Crippen LogP contribution in [0.5, 0.6) is 0 Å². The van der Waals surface area contributed by atoms with Crippen LogP contribution in [0.4, 0.5) is 0 Å². The Labute approximate surface area is 99.2 Å². The first-order valence-electron chi connectivity index (χ1n) is 6.19. The fraction of sp³-hybridized carbons (Fsp3) is 0.846. The second-order valence-corrected chi connectivity index (χ2v) is 4.17. The number of carbonyl (C=O) groups is 2. The maximum atomic E-state index is 9.60. The highest BCUT2D eigenvalue weighted by atomic mass is 16.4. The number of ketones is 1. The van der Waals surface area contributed by atoms with Crippen molar-refractivity contribution in [1.82, 2.24) is 0 Å². The van der Waals surface area contributed by atoms with Gasteiger partial charge in [-0.3, -0.25) is 4.79 Å². The molecule has 3 heteroatoms. The number of hydrogen-bond acceptors (Lipinski definition) is 2. The minimum absolute atomic E-state index is 0.167. The zero-order valence-electron chi connectivity index (χ0n) is 10.9. The summed E-state index contributed by atoms with van der Waals surface area (Å²) in [6, 6.07) is 0. The van der Waals surface area contributed by atoms with E-state index in [9.17, 15) is 9.59 Å². The van der Waals surface area contributed by atoms with Crippen LogP contribution in [0.3, 0.4) is 0 Å². The third-order valence-electron chi connectivity index (χ3n) is 1.96. The fourth-order valence-electron chi connectivity index (χ4n) is 1.27. The molecule has 1 aliphatic carbocycles. The Balaban J connectivity index is 0. The van der Waals surface area contributed by atoms with Gasteiger partial charge >= 0.3 is 5.97 Å². The third kappa shape index (κ3) is 29.2. The molecule has 1 saturated carbocycles. The quantitative estimate of drug-likeness (QED) is 0.784. The zero-order chi connectivity index (χ0) is 12.8. The van der Waals surface area contributed by atoms with Crippen molar-refractivity contribution in [3.63, 3.8) is 0 Å². The smallest absolute Gasteiger partial charge is 0.303 e. The molecule has 0 spiro atoms. The Morgan fingerprint density at radius 2 is 1.19 bits per heavy atom. The molecular formula is C13H26O3. The molecule has 96 valence electrons. The number of carboxylic acids is 1. The lowest BCUT2D eigenvalue weighted by Crippen LogP contribution is -1.90. The van der Waals surface area contributed by atoms with E-state index in [0.29, 0.717) is 6.42 Å². The lowest BCUT2D eigenvalue weighted by Gasteiger charge is -2.05. The molecule has 0 atom stereocenters. The molecule has 0 aromatic heterocycles. The molecule has 0 aliphatic heterocycles. The molecule has 0 unspecified atom stereocenters. The molecule has 0 heterocycles. The van der Waals surface area contributed by atoms with Crippen molar-refractivity contribution in [2.45, 2.75) is 72.1 Å². The number of rotatable bonds is 2. The van der Waals surface area contributed by atoms with Gasteiger partial charge in [0.15, 0.2) is 0 Å². The van der Waals surface area contributed by atoms with Gasteiger partial charge in [-0.25, -0.2) is 0 Å². The molecule has 0 amide bonds. The van der Waals surface area contributed by atoms with Crippen LogP contribution >= 0.6 is 0 Å². The fourth-order valence-corrected chi connectivity index (χ4v) is 1.27. The Kier molecular flexibility index (Phi) is 15.5. The summed E-state index contributed by atoms with van der Waals surface area (Å²) in [4.78, 5) is 19.0. The molecule has 1 fully saturated rings. The van der Waals surface area contributed by atoms with Gasteiger partial charge < -0.3 is 9.90 Å². The van der Waals surface area contributed by atoms with E-state index in [0.717, 1.165) is 6.42 Å². The highest BCUT2D eigenvalue weighted by Gasteiger charge is 1.95. The molecule has 1 aliphatic rings. The predicted octanol–water partition coefficient (Wildman–Crippen LogP) is 3.81. The average Bonchev–Trinajstić information content (AvgIpc) is 2.20. The van der Waals surface area contributed by atoms with Crippen molar-refractivity contribution in [3.8, 4) is 0 Å². The molecule has 16 heavy (non-hydrogen) atoms. The largest absolute Gasteiger partial charge is 0.481 e. The summed E-state index contributed by atoms with van der Waals surface area (Å²) in [6.45, 7) is 4.90. The predicted molar refractivity (Wildman–Crippen MR) is 66.6 cm³/mol. The first-order valence-corrected chi connectivity index (χ1v) is 6.19. The van der Waals surface area contributed by atoms with E-state index in [1.165, 1.54) is 52.4 Å². The molecule has 1 N–H and O–H groups in total. The Morgan fingerprint density at radius 3 is 1.25 bits per heavy atom. The average molecular weight is 230 g/mol. The number of aliphatic carboxylic acids is 1. The summed E-state index contributed by atoms with van der Waals surface area (Å²) in [7, 11) is 0. The first kappa shape index (κ1) is 17.5. The van der Waals surface area contributed by atoms with Crippen molar-refractivity contribution in [3.05, 3.63) is 0 Å². The number of carbonyl (C=O) groups excluding carboxylic acids is 1. The van der Waals surface area contributed by atoms with Gasteiger partial charge in [-0.1, -0.05) is 45.4 Å². The molecule has 0 saturated heterocycles. The summed E-state index contributed by atoms with van der Waals surface area (Å²) in [5.41, 5.74) is 0. The van der Waals surface area contributed by atoms with Crippen LogP contribution in [0.25, 0.3) is 0 Å². The second-order valence-electron chi connectivity index (χ2n) is 4.17. The Morgan fingerprint density at radius 1 is 0.938 bits per heavy atom. The lowest BCUT2D eigenvalue weighted by molar-refractivity contribution is -0.137. The molecule has 0 aromatic rings. The van der Waals surface area contributed by atoms with Gasteiger partial charge in [0.05, 0.1) is 0 Å². The number of Topliss-reactive ketones (excluding diaryl/α,β-unsaturated/α-hetero) is 1. The van der Waals surface area contributed by atoms with Crippen LogP contribution in [0.15, 0.2) is 0 Å². The van der Waals surface area contributed by atoms with Gasteiger partial charge in [0.25, 0.3) is 0 Å². The van der Waals surface area contributed by atoms with Crippen LogP contribution < -0.4 is 0 Å². The maximum Gasteiger partial charge on any atom is 0.303 e. The number of hydrogen-bond donors (Lipinski definition) is 1. The highest BCUT2D eigenvalue weighted by Crippen LogP contribution is 2.15. The van der Waals surface area contributed by atoms with E-state index in [4.69, 9.17) is 5.11 Å². The SMILES string of the molecule is C1CCCCC1.CC(C)=O.CCCC(=O)O. The molecule has 0 radical (unpaired) electrons. The molecular weight excluding hydrogens is 204 g/mol. The summed E-state index contributed by atoms with van der Waals surface area (Å²) in [5.74, 6) is -0.544. The van der Waals surface area contributed by atoms with E-state index in [2.05, 4.69) is 0 Å². The number of carboxylic acid groups (broad SMARTS) is 1. The first-order chi connectivity index (χ1) is 7.50. The second kappa shape index (κ2) is 14.1. The van der Waals surface area contributed by atoms with Gasteiger partial charge in [0.1, 0.15) is 5.78 Å². The van der Waals surface area contributed by atoms with Gasteiger partial charge in [0, 0.05) is 6.42 Å². The van der Waals surface area contributed by atoms with Crippen molar-refractivity contribution >= 4 is 11.8 Å². The normalized spacial score (nSPS) is 13.7. The Bertz CT molecular complexity index is 157. The van der Waals surface area contributed by atoms with Crippen LogP contribution in [-0.4, -0.2) is 16.9 Å². The van der Waals surface area contributed by atoms with Crippen molar-refractivity contribution < 1.29 is 14.7 Å². The monoisotopic (exact) mass is 230 g/mol. The minimum atomic E-state index is -0.711. The van der Waals surface area contributed by atoms with E-state index in [1.54, 1.807) is 0 Å². The van der Waals surface area contributed by atoms with Crippen molar-refractivity contribution in [2.75, 3.05) is 0 Å². The molecule has 0 aromatic carbocycles. The minimum Gasteiger partial charge on any atom is -0.481 e. The zero-order valence-corrected chi connectivity index (χ0v) is 10.9. The molecule has 3 nitrogen and oxygen atoms in total. The van der Waals surface area contributed by atoms with Gasteiger partial charge in [-0.2, -0.15) is 0 Å². The summed E-state index contributed by atoms with van der Waals surface area (Å²) in [6.07, 6.45) is 10.0. The van der Waals surface area contributed by atoms with Crippen molar-refractivity contribution in [2.24, 2.45) is 0 Å². The Hall–Kier alpha value is -0.860. The van der Waals surface area contributed by atoms with Crippen LogP contribution in [0.2, 0.25) is 0 Å². The van der Waals surface area contributed by atoms with E-state index in [-0.39, 0.29) is 5.78 Å². The third-order valence-corrected chi connectivity index (χ3v) is 1.96. The summed E-state index contributed by atoms with van der Waals surface area (Å²) in [5, 5.41) is 7.91. The maximum absolute atomic E-state index is 9.60. The summed E-state index contributed by atoms with van der Waals surface area (Å²) >= 11 is 0. The van der Waals surface area contributed by atoms with E-state index in [1.807, 2.05) is 6.92 Å². The van der Waals surface area contributed by atoms with Crippen LogP contribution in [0, 0.1) is 0 Å². The standard InChI is InChI=1S/C6H12.C4H8O2.C3H6O/c1-2-4-6-5-3-1;1-2-3-4(5)6;1-3(2)4/h1-6H2;2-3H2,1H3,(H,5,6);1-2H3. The van der Waals surface area contributed by atoms with Gasteiger partial charge in [-0.15, -0.1) is 0 Å². The lowest BCUT2D eigenvalue weighted by atomic mass is 10.0. The van der Waals surface area contributed by atoms with Gasteiger partial charge in [0.2, 0.25) is 0 Å². The van der Waals surface area contributed by atoms with Gasteiger partial charge in [-0.05, 0) is 20.3 Å². The van der Waals surface area contributed by atoms with Crippen LogP contribution in [-0.2, 0) is 9.59 Å². The van der Waals surface area contributed by atoms with E-state index < -0.39 is 5.97 Å². The van der Waals surface area contributed by atoms with E-state index >= 15 is 0 Å². The molecule has 1 rings (SSSR count). The topological polar surface area (TPSA) is 54.4 Å². The van der Waals surface area contributed by atoms with Crippen LogP contribution in [0.1, 0.15) is 72.1 Å². The summed E-state index contributed by atoms with van der Waals surface area (Å²) < 4.78 is 0. The van der Waals surface area contributed by atoms with Crippen molar-refractivity contribution in [1.29, 1.82) is 0 Å². The highest BCUT2D eigenvalue weighted by molar-refractivity contribution is 5.72. The molecule has 0 bridgehead atoms.